The molecule has 0 fully saturated rings. The van der Waals surface area contributed by atoms with Crippen LogP contribution in [0, 0.1) is 0 Å². The van der Waals surface area contributed by atoms with Crippen LogP contribution in [0.25, 0.3) is 0 Å². The van der Waals surface area contributed by atoms with E-state index < -0.39 is 24.4 Å². The molecule has 0 aromatic carbocycles. The minimum Gasteiger partial charge on any atom is -0.394 e. The standard InChI is InChI=1S/C40H73NO5/c1-3-5-7-9-11-13-15-17-18-19-21-22-24-26-28-31-37(43)36(35-42)41-40(46)34-30-33-39(45)38(44)32-29-27-25-23-20-16-14-12-10-8-6-4-2/h12,14,20,23,27-29,31,36-39,42-45H,3-11,13,15-19,21-22,24-26,30,32-35H2,1-2H3,(H,41,46)/b14-12-,23-20-,29-27-,31-28+/t36-,37+,38?,39?/m0/s1. The van der Waals surface area contributed by atoms with Crippen LogP contribution in [0.2, 0.25) is 0 Å². The third-order valence-corrected chi connectivity index (χ3v) is 8.51. The van der Waals surface area contributed by atoms with E-state index in [4.69, 9.17) is 0 Å². The topological polar surface area (TPSA) is 110 Å². The van der Waals surface area contributed by atoms with E-state index in [-0.39, 0.29) is 18.9 Å². The Morgan fingerprint density at radius 3 is 1.65 bits per heavy atom. The summed E-state index contributed by atoms with van der Waals surface area (Å²) in [5, 5.41) is 43.3. The summed E-state index contributed by atoms with van der Waals surface area (Å²) < 4.78 is 0. The molecule has 0 spiro atoms. The van der Waals surface area contributed by atoms with Crippen LogP contribution < -0.4 is 5.32 Å². The van der Waals surface area contributed by atoms with Gasteiger partial charge in [0.05, 0.1) is 31.0 Å². The van der Waals surface area contributed by atoms with Crippen molar-refractivity contribution in [3.63, 3.8) is 0 Å². The molecule has 5 N–H and O–H groups in total. The fourth-order valence-electron chi connectivity index (χ4n) is 5.40. The summed E-state index contributed by atoms with van der Waals surface area (Å²) in [6.45, 7) is 4.12. The number of allylic oxidation sites excluding steroid dienone is 6. The van der Waals surface area contributed by atoms with Gasteiger partial charge < -0.3 is 25.7 Å². The smallest absolute Gasteiger partial charge is 0.220 e. The van der Waals surface area contributed by atoms with Crippen LogP contribution in [0.1, 0.15) is 168 Å². The van der Waals surface area contributed by atoms with Gasteiger partial charge in [-0.3, -0.25) is 4.79 Å². The van der Waals surface area contributed by atoms with Crippen molar-refractivity contribution < 1.29 is 25.2 Å². The van der Waals surface area contributed by atoms with Crippen LogP contribution in [0.4, 0.5) is 0 Å². The zero-order valence-electron chi connectivity index (χ0n) is 29.8. The fraction of sp³-hybridized carbons (Fsp3) is 0.775. The first-order valence-electron chi connectivity index (χ1n) is 19.0. The van der Waals surface area contributed by atoms with Crippen LogP contribution in [-0.4, -0.2) is 57.3 Å². The molecule has 6 heteroatoms. The zero-order chi connectivity index (χ0) is 33.9. The molecular formula is C40H73NO5. The van der Waals surface area contributed by atoms with Crippen molar-refractivity contribution >= 4 is 5.91 Å². The highest BCUT2D eigenvalue weighted by atomic mass is 16.3. The molecule has 0 radical (unpaired) electrons. The van der Waals surface area contributed by atoms with Crippen LogP contribution in [0.3, 0.4) is 0 Å². The number of aliphatic hydroxyl groups is 4. The van der Waals surface area contributed by atoms with Crippen molar-refractivity contribution in [1.29, 1.82) is 0 Å². The molecule has 0 aromatic rings. The number of hydrogen-bond acceptors (Lipinski definition) is 5. The molecule has 4 atom stereocenters. The van der Waals surface area contributed by atoms with Gasteiger partial charge in [-0.25, -0.2) is 0 Å². The summed E-state index contributed by atoms with van der Waals surface area (Å²) in [6.07, 6.45) is 39.3. The van der Waals surface area contributed by atoms with Gasteiger partial charge in [0.25, 0.3) is 0 Å². The summed E-state index contributed by atoms with van der Waals surface area (Å²) in [6, 6.07) is -0.757. The SMILES string of the molecule is CCCCC/C=C\C/C=C\C/C=C\CC(O)C(O)CCCC(=O)N[C@@H](CO)[C@H](O)/C=C/CCCCCCCCCCCCCCC. The molecular weight excluding hydrogens is 574 g/mol. The summed E-state index contributed by atoms with van der Waals surface area (Å²) >= 11 is 0. The number of rotatable bonds is 33. The van der Waals surface area contributed by atoms with E-state index in [2.05, 4.69) is 43.5 Å². The number of carbonyl (C=O) groups excluding carboxylic acids is 1. The highest BCUT2D eigenvalue weighted by Crippen LogP contribution is 2.14. The van der Waals surface area contributed by atoms with Crippen molar-refractivity contribution in [2.24, 2.45) is 0 Å². The number of aliphatic hydroxyl groups excluding tert-OH is 4. The Kier molecular flexibility index (Phi) is 33.3. The Balaban J connectivity index is 3.92. The quantitative estimate of drug-likeness (QED) is 0.0360. The first kappa shape index (κ1) is 44.3. The van der Waals surface area contributed by atoms with Crippen molar-refractivity contribution in [1.82, 2.24) is 5.32 Å². The predicted octanol–water partition coefficient (Wildman–Crippen LogP) is 9.17. The number of amides is 1. The maximum atomic E-state index is 12.4. The van der Waals surface area contributed by atoms with Crippen LogP contribution in [0.15, 0.2) is 48.6 Å². The summed E-state index contributed by atoms with van der Waals surface area (Å²) in [5.41, 5.74) is 0. The fourth-order valence-corrected chi connectivity index (χ4v) is 5.40. The lowest BCUT2D eigenvalue weighted by Gasteiger charge is -2.20. The minimum absolute atomic E-state index is 0.156. The molecule has 0 aromatic heterocycles. The Bertz CT molecular complexity index is 778. The van der Waals surface area contributed by atoms with E-state index in [0.717, 1.165) is 32.1 Å². The lowest BCUT2D eigenvalue weighted by atomic mass is 10.0. The monoisotopic (exact) mass is 648 g/mol. The van der Waals surface area contributed by atoms with Crippen molar-refractivity contribution in [3.8, 4) is 0 Å². The molecule has 6 nitrogen and oxygen atoms in total. The first-order valence-corrected chi connectivity index (χ1v) is 19.0. The summed E-state index contributed by atoms with van der Waals surface area (Å²) in [7, 11) is 0. The van der Waals surface area contributed by atoms with Gasteiger partial charge in [-0.1, -0.05) is 152 Å². The van der Waals surface area contributed by atoms with Crippen LogP contribution >= 0.6 is 0 Å². The highest BCUT2D eigenvalue weighted by molar-refractivity contribution is 5.76. The van der Waals surface area contributed by atoms with Gasteiger partial charge in [0.1, 0.15) is 0 Å². The van der Waals surface area contributed by atoms with Gasteiger partial charge >= 0.3 is 0 Å². The van der Waals surface area contributed by atoms with Crippen molar-refractivity contribution in [3.05, 3.63) is 48.6 Å². The van der Waals surface area contributed by atoms with Gasteiger partial charge in [-0.15, -0.1) is 0 Å². The number of hydrogen-bond donors (Lipinski definition) is 5. The van der Waals surface area contributed by atoms with Crippen LogP contribution in [-0.2, 0) is 4.79 Å². The lowest BCUT2D eigenvalue weighted by molar-refractivity contribution is -0.123. The van der Waals surface area contributed by atoms with Crippen LogP contribution in [0.5, 0.6) is 0 Å². The second-order valence-corrected chi connectivity index (χ2v) is 13.0. The lowest BCUT2D eigenvalue weighted by Crippen LogP contribution is -2.45. The van der Waals surface area contributed by atoms with E-state index >= 15 is 0 Å². The summed E-state index contributed by atoms with van der Waals surface area (Å²) in [4.78, 5) is 12.4. The van der Waals surface area contributed by atoms with Crippen molar-refractivity contribution in [2.75, 3.05) is 6.61 Å². The number of carbonyl (C=O) groups is 1. The zero-order valence-corrected chi connectivity index (χ0v) is 29.8. The predicted molar refractivity (Wildman–Crippen MR) is 196 cm³/mol. The van der Waals surface area contributed by atoms with Gasteiger partial charge in [-0.05, 0) is 57.8 Å². The normalized spacial score (nSPS) is 15.0. The van der Waals surface area contributed by atoms with Gasteiger partial charge in [0.15, 0.2) is 0 Å². The Morgan fingerprint density at radius 1 is 0.587 bits per heavy atom. The molecule has 1 amide bonds. The first-order chi connectivity index (χ1) is 22.5. The third-order valence-electron chi connectivity index (χ3n) is 8.51. The Hall–Kier alpha value is -1.73. The van der Waals surface area contributed by atoms with E-state index in [9.17, 15) is 25.2 Å². The molecule has 0 bridgehead atoms. The van der Waals surface area contributed by atoms with Gasteiger partial charge in [-0.2, -0.15) is 0 Å². The Labute approximate surface area is 283 Å². The van der Waals surface area contributed by atoms with Crippen molar-refractivity contribution in [2.45, 2.75) is 192 Å². The molecule has 0 saturated carbocycles. The average Bonchev–Trinajstić information content (AvgIpc) is 3.05. The van der Waals surface area contributed by atoms with E-state index in [1.807, 2.05) is 18.2 Å². The number of nitrogens with one attached hydrogen (secondary N) is 1. The number of unbranched alkanes of at least 4 members (excludes halogenated alkanes) is 16. The largest absolute Gasteiger partial charge is 0.394 e. The molecule has 0 aliphatic heterocycles. The molecule has 0 rings (SSSR count). The molecule has 268 valence electrons. The molecule has 0 saturated heterocycles. The maximum Gasteiger partial charge on any atom is 0.220 e. The van der Waals surface area contributed by atoms with Gasteiger partial charge in [0.2, 0.25) is 5.91 Å². The molecule has 0 heterocycles. The summed E-state index contributed by atoms with van der Waals surface area (Å²) in [5.74, 6) is -0.285. The molecule has 46 heavy (non-hydrogen) atoms. The second-order valence-electron chi connectivity index (χ2n) is 13.0. The van der Waals surface area contributed by atoms with E-state index in [1.54, 1.807) is 6.08 Å². The molecule has 0 aliphatic carbocycles. The minimum atomic E-state index is -0.947. The van der Waals surface area contributed by atoms with Gasteiger partial charge in [0, 0.05) is 6.42 Å². The van der Waals surface area contributed by atoms with E-state index in [1.165, 1.54) is 96.3 Å². The van der Waals surface area contributed by atoms with E-state index in [0.29, 0.717) is 19.3 Å². The maximum absolute atomic E-state index is 12.4. The second kappa shape index (κ2) is 34.6. The third kappa shape index (κ3) is 29.7. The molecule has 2 unspecified atom stereocenters. The highest BCUT2D eigenvalue weighted by Gasteiger charge is 2.19. The average molecular weight is 648 g/mol. The Morgan fingerprint density at radius 2 is 1.07 bits per heavy atom. The molecule has 0 aliphatic rings.